The lowest BCUT2D eigenvalue weighted by atomic mass is 10.0. The maximum absolute atomic E-state index is 12.2. The first kappa shape index (κ1) is 16.3. The predicted octanol–water partition coefficient (Wildman–Crippen LogP) is 0.303. The van der Waals surface area contributed by atoms with E-state index in [-0.39, 0.29) is 0 Å². The number of nitrogens with one attached hydrogen (secondary N) is 1. The maximum Gasteiger partial charge on any atom is 0.331 e. The number of ether oxygens (including phenoxy) is 2. The Kier molecular flexibility index (Phi) is 5.74. The normalized spacial score (nSPS) is 17.5. The highest BCUT2D eigenvalue weighted by atomic mass is 16.5. The molecular weight excluding hydrogens is 288 g/mol. The molecule has 0 radical (unpaired) electrons. The number of amides is 2. The number of hydrogen-bond acceptors (Lipinski definition) is 5. The summed E-state index contributed by atoms with van der Waals surface area (Å²) in [6.45, 7) is 1.80. The van der Waals surface area contributed by atoms with E-state index in [2.05, 4.69) is 10.1 Å². The Balaban J connectivity index is 2.09. The Morgan fingerprint density at radius 3 is 2.50 bits per heavy atom. The van der Waals surface area contributed by atoms with Crippen molar-refractivity contribution in [1.82, 2.24) is 10.2 Å². The minimum Gasteiger partial charge on any atom is -0.467 e. The summed E-state index contributed by atoms with van der Waals surface area (Å²) in [5.41, 5.74) is 0.528. The van der Waals surface area contributed by atoms with Crippen molar-refractivity contribution in [3.8, 4) is 0 Å². The molecule has 1 fully saturated rings. The molecule has 1 aromatic rings. The van der Waals surface area contributed by atoms with Crippen LogP contribution in [0, 0.1) is 0 Å². The highest BCUT2D eigenvalue weighted by molar-refractivity contribution is 5.84. The summed E-state index contributed by atoms with van der Waals surface area (Å²) in [4.78, 5) is 25.6. The number of esters is 1. The van der Waals surface area contributed by atoms with Crippen LogP contribution in [-0.2, 0) is 14.3 Å². The number of nitrogens with zero attached hydrogens (tertiary/aromatic N) is 1. The summed E-state index contributed by atoms with van der Waals surface area (Å²) >= 11 is 0. The standard InChI is InChI=1S/C15H20N2O5/c1-21-14(19)12(13(18)11-5-3-2-4-6-11)16-15(20)17-7-9-22-10-8-17/h2-6,12-13,18H,7-10H2,1H3,(H,16,20)/t12-,13-/m0/s1. The molecule has 2 amide bonds. The molecule has 120 valence electrons. The van der Waals surface area contributed by atoms with Crippen molar-refractivity contribution in [3.05, 3.63) is 35.9 Å². The van der Waals surface area contributed by atoms with Gasteiger partial charge in [0.1, 0.15) is 6.10 Å². The monoisotopic (exact) mass is 308 g/mol. The van der Waals surface area contributed by atoms with E-state index < -0.39 is 24.1 Å². The quantitative estimate of drug-likeness (QED) is 0.781. The summed E-state index contributed by atoms with van der Waals surface area (Å²) in [6, 6.07) is 7.07. The molecule has 2 N–H and O–H groups in total. The Labute approximate surface area is 128 Å². The fraction of sp³-hybridized carbons (Fsp3) is 0.467. The van der Waals surface area contributed by atoms with Gasteiger partial charge in [-0.15, -0.1) is 0 Å². The van der Waals surface area contributed by atoms with Gasteiger partial charge in [0.15, 0.2) is 6.04 Å². The number of methoxy groups -OCH3 is 1. The van der Waals surface area contributed by atoms with Gasteiger partial charge in [0, 0.05) is 13.1 Å². The van der Waals surface area contributed by atoms with E-state index in [0.717, 1.165) is 0 Å². The molecule has 0 aromatic heterocycles. The van der Waals surface area contributed by atoms with Crippen LogP contribution in [-0.4, -0.2) is 61.5 Å². The van der Waals surface area contributed by atoms with Gasteiger partial charge in [0.25, 0.3) is 0 Å². The second-order valence-corrected chi connectivity index (χ2v) is 4.91. The molecule has 2 atom stereocenters. The minimum absolute atomic E-state index is 0.423. The average molecular weight is 308 g/mol. The highest BCUT2D eigenvalue weighted by Gasteiger charge is 2.32. The highest BCUT2D eigenvalue weighted by Crippen LogP contribution is 2.18. The second-order valence-electron chi connectivity index (χ2n) is 4.91. The molecule has 2 rings (SSSR count). The van der Waals surface area contributed by atoms with Crippen LogP contribution in [0.3, 0.4) is 0 Å². The molecule has 22 heavy (non-hydrogen) atoms. The lowest BCUT2D eigenvalue weighted by Crippen LogP contribution is -2.53. The zero-order valence-corrected chi connectivity index (χ0v) is 12.4. The van der Waals surface area contributed by atoms with Crippen LogP contribution in [0.25, 0.3) is 0 Å². The van der Waals surface area contributed by atoms with Crippen LogP contribution in [0.1, 0.15) is 11.7 Å². The third kappa shape index (κ3) is 3.96. The lowest BCUT2D eigenvalue weighted by Gasteiger charge is -2.30. The van der Waals surface area contributed by atoms with Crippen LogP contribution in [0.2, 0.25) is 0 Å². The van der Waals surface area contributed by atoms with Gasteiger partial charge in [-0.25, -0.2) is 9.59 Å². The maximum atomic E-state index is 12.2. The molecule has 1 heterocycles. The molecule has 0 aliphatic carbocycles. The van der Waals surface area contributed by atoms with Crippen molar-refractivity contribution in [2.75, 3.05) is 33.4 Å². The van der Waals surface area contributed by atoms with Gasteiger partial charge in [-0.3, -0.25) is 0 Å². The van der Waals surface area contributed by atoms with Crippen molar-refractivity contribution in [1.29, 1.82) is 0 Å². The first-order valence-corrected chi connectivity index (χ1v) is 7.07. The van der Waals surface area contributed by atoms with E-state index >= 15 is 0 Å². The first-order valence-electron chi connectivity index (χ1n) is 7.07. The van der Waals surface area contributed by atoms with Crippen LogP contribution >= 0.6 is 0 Å². The number of hydrogen-bond donors (Lipinski definition) is 2. The third-order valence-electron chi connectivity index (χ3n) is 3.49. The van der Waals surface area contributed by atoms with E-state index in [4.69, 9.17) is 4.74 Å². The Morgan fingerprint density at radius 2 is 1.91 bits per heavy atom. The number of carbonyl (C=O) groups is 2. The number of aliphatic hydroxyl groups is 1. The molecule has 1 aliphatic heterocycles. The molecule has 0 spiro atoms. The average Bonchev–Trinajstić information content (AvgIpc) is 2.59. The van der Waals surface area contributed by atoms with Crippen molar-refractivity contribution < 1.29 is 24.2 Å². The van der Waals surface area contributed by atoms with Crippen molar-refractivity contribution in [3.63, 3.8) is 0 Å². The van der Waals surface area contributed by atoms with Gasteiger partial charge in [0.05, 0.1) is 20.3 Å². The molecule has 7 nitrogen and oxygen atoms in total. The molecule has 0 bridgehead atoms. The summed E-state index contributed by atoms with van der Waals surface area (Å²) < 4.78 is 9.86. The number of rotatable bonds is 4. The largest absolute Gasteiger partial charge is 0.467 e. The number of morpholine rings is 1. The fourth-order valence-electron chi connectivity index (χ4n) is 2.23. The molecule has 0 saturated carbocycles. The number of benzene rings is 1. The summed E-state index contributed by atoms with van der Waals surface area (Å²) in [7, 11) is 1.22. The van der Waals surface area contributed by atoms with Crippen LogP contribution in [0.4, 0.5) is 4.79 Å². The minimum atomic E-state index is -1.18. The smallest absolute Gasteiger partial charge is 0.331 e. The zero-order valence-electron chi connectivity index (χ0n) is 12.4. The fourth-order valence-corrected chi connectivity index (χ4v) is 2.23. The van der Waals surface area contributed by atoms with Gasteiger partial charge in [-0.1, -0.05) is 30.3 Å². The van der Waals surface area contributed by atoms with Crippen LogP contribution in [0.5, 0.6) is 0 Å². The van der Waals surface area contributed by atoms with E-state index in [1.165, 1.54) is 12.0 Å². The number of carbonyl (C=O) groups excluding carboxylic acids is 2. The number of urea groups is 1. The first-order chi connectivity index (χ1) is 10.6. The summed E-state index contributed by atoms with van der Waals surface area (Å²) in [5, 5.41) is 12.9. The molecule has 1 aliphatic rings. The Morgan fingerprint density at radius 1 is 1.27 bits per heavy atom. The van der Waals surface area contributed by atoms with Gasteiger partial charge < -0.3 is 24.8 Å². The molecular formula is C15H20N2O5. The topological polar surface area (TPSA) is 88.1 Å². The van der Waals surface area contributed by atoms with E-state index in [9.17, 15) is 14.7 Å². The molecule has 7 heteroatoms. The Hall–Kier alpha value is -2.12. The van der Waals surface area contributed by atoms with E-state index in [0.29, 0.717) is 31.9 Å². The zero-order chi connectivity index (χ0) is 15.9. The molecule has 1 saturated heterocycles. The number of aliphatic hydroxyl groups excluding tert-OH is 1. The van der Waals surface area contributed by atoms with Gasteiger partial charge in [0.2, 0.25) is 0 Å². The predicted molar refractivity (Wildman–Crippen MR) is 78.1 cm³/mol. The van der Waals surface area contributed by atoms with E-state index in [1.54, 1.807) is 30.3 Å². The third-order valence-corrected chi connectivity index (χ3v) is 3.49. The summed E-state index contributed by atoms with van der Waals surface area (Å²) in [6.07, 6.45) is -1.18. The molecule has 1 aromatic carbocycles. The molecule has 0 unspecified atom stereocenters. The SMILES string of the molecule is COC(=O)[C@@H](NC(=O)N1CCOCC1)[C@@H](O)c1ccccc1. The van der Waals surface area contributed by atoms with Crippen LogP contribution in [0.15, 0.2) is 30.3 Å². The van der Waals surface area contributed by atoms with Crippen molar-refractivity contribution in [2.45, 2.75) is 12.1 Å². The van der Waals surface area contributed by atoms with Gasteiger partial charge >= 0.3 is 12.0 Å². The van der Waals surface area contributed by atoms with Crippen molar-refractivity contribution in [2.24, 2.45) is 0 Å². The Bertz CT molecular complexity index is 502. The van der Waals surface area contributed by atoms with Crippen molar-refractivity contribution >= 4 is 12.0 Å². The van der Waals surface area contributed by atoms with Gasteiger partial charge in [-0.2, -0.15) is 0 Å². The van der Waals surface area contributed by atoms with Gasteiger partial charge in [-0.05, 0) is 5.56 Å². The second kappa shape index (κ2) is 7.77. The van der Waals surface area contributed by atoms with Crippen LogP contribution < -0.4 is 5.32 Å². The van der Waals surface area contributed by atoms with E-state index in [1.807, 2.05) is 0 Å². The lowest BCUT2D eigenvalue weighted by molar-refractivity contribution is -0.146. The summed E-state index contributed by atoms with van der Waals surface area (Å²) in [5.74, 6) is -0.696.